The van der Waals surface area contributed by atoms with Gasteiger partial charge in [-0.15, -0.1) is 0 Å². The maximum absolute atomic E-state index is 12.1. The van der Waals surface area contributed by atoms with Crippen LogP contribution in [0.25, 0.3) is 0 Å². The molecule has 0 bridgehead atoms. The van der Waals surface area contributed by atoms with Crippen LogP contribution in [0.15, 0.2) is 0 Å². The van der Waals surface area contributed by atoms with Crippen molar-refractivity contribution in [3.8, 4) is 59.2 Å². The third-order valence-electron chi connectivity index (χ3n) is 4.58. The van der Waals surface area contributed by atoms with Gasteiger partial charge in [0, 0.05) is 25.2 Å². The average molecular weight is 610 g/mol. The smallest absolute Gasteiger partial charge is 0.790 e. The number of rotatable bonds is 17. The molecule has 0 aliphatic carbocycles. The Bertz CT molecular complexity index is 1100. The van der Waals surface area contributed by atoms with Gasteiger partial charge in [-0.05, 0) is 60.7 Å². The van der Waals surface area contributed by atoms with Crippen molar-refractivity contribution in [2.75, 3.05) is 13.2 Å². The van der Waals surface area contributed by atoms with Gasteiger partial charge in [0.1, 0.15) is 6.61 Å². The van der Waals surface area contributed by atoms with Crippen LogP contribution in [0.5, 0.6) is 0 Å². The number of esters is 2. The van der Waals surface area contributed by atoms with Crippen molar-refractivity contribution < 1.29 is 110 Å². The Morgan fingerprint density at radius 1 is 0.775 bits per heavy atom. The zero-order valence-corrected chi connectivity index (χ0v) is 29.1. The number of phosphoric ester groups is 1. The molecule has 0 rings (SSSR count). The maximum Gasteiger partial charge on any atom is 1.00 e. The van der Waals surface area contributed by atoms with E-state index in [-0.39, 0.29) is 84.5 Å². The molecule has 0 aromatic rings. The number of hydrogen-bond acceptors (Lipinski definition) is 9. The zero-order valence-electron chi connectivity index (χ0n) is 24.2. The van der Waals surface area contributed by atoms with Gasteiger partial charge in [-0.1, -0.05) is 70.6 Å². The minimum atomic E-state index is -5.30. The molecule has 40 heavy (non-hydrogen) atoms. The molecule has 0 saturated heterocycles. The Hall–Kier alpha value is -1.19. The Balaban J connectivity index is -0.0000000982. The third-order valence-corrected chi connectivity index (χ3v) is 5.04. The van der Waals surface area contributed by atoms with Gasteiger partial charge in [-0.2, -0.15) is 0 Å². The Morgan fingerprint density at radius 3 is 1.75 bits per heavy atom. The molecule has 0 radical (unpaired) electrons. The molecule has 0 spiro atoms. The minimum Gasteiger partial charge on any atom is -0.790 e. The van der Waals surface area contributed by atoms with Crippen molar-refractivity contribution in [2.45, 2.75) is 90.6 Å². The summed E-state index contributed by atoms with van der Waals surface area (Å²) in [4.78, 5) is 45.3. The monoisotopic (exact) mass is 609 g/mol. The fourth-order valence-electron chi connectivity index (χ4n) is 2.83. The van der Waals surface area contributed by atoms with Crippen molar-refractivity contribution >= 4 is 19.8 Å². The molecule has 9 nitrogen and oxygen atoms in total. The number of phosphoric acid groups is 1. The van der Waals surface area contributed by atoms with Gasteiger partial charge in [-0.3, -0.25) is 4.79 Å². The summed E-state index contributed by atoms with van der Waals surface area (Å²) in [7, 11) is -5.30. The fourth-order valence-corrected chi connectivity index (χ4v) is 3.18. The summed E-state index contributed by atoms with van der Waals surface area (Å²) < 4.78 is 24.9. The minimum absolute atomic E-state index is 0. The summed E-state index contributed by atoms with van der Waals surface area (Å²) in [6.45, 7) is 2.51. The summed E-state index contributed by atoms with van der Waals surface area (Å²) in [5.74, 6) is 22.2. The second-order valence-corrected chi connectivity index (χ2v) is 8.91. The van der Waals surface area contributed by atoms with Gasteiger partial charge < -0.3 is 34.5 Å². The molecule has 0 unspecified atom stereocenters. The van der Waals surface area contributed by atoms with E-state index in [1.807, 2.05) is 0 Å². The van der Waals surface area contributed by atoms with Crippen molar-refractivity contribution in [3.05, 3.63) is 0 Å². The first-order valence-electron chi connectivity index (χ1n) is 12.2. The molecule has 3 N–H and O–H groups in total. The molecular weight excluding hydrogens is 555 g/mol. The van der Waals surface area contributed by atoms with Crippen molar-refractivity contribution in [3.63, 3.8) is 0 Å². The number of hydrogen-bond donors (Lipinski definition) is 1. The van der Waals surface area contributed by atoms with Crippen LogP contribution < -0.4 is 75.1 Å². The number of carbonyl (C=O) groups is 2. The van der Waals surface area contributed by atoms with Gasteiger partial charge in [0.2, 0.25) is 0 Å². The van der Waals surface area contributed by atoms with Gasteiger partial charge in [0.05, 0.1) is 14.4 Å². The van der Waals surface area contributed by atoms with Crippen LogP contribution in [0.2, 0.25) is 0 Å². The van der Waals surface area contributed by atoms with Crippen LogP contribution in [0.1, 0.15) is 97.3 Å². The van der Waals surface area contributed by atoms with Crippen LogP contribution >= 0.6 is 7.82 Å². The van der Waals surface area contributed by atoms with Gasteiger partial charge >= 0.3 is 71.1 Å². The molecular formula is C28H54NNa2O8P. The Labute approximate surface area is 297 Å². The van der Waals surface area contributed by atoms with Crippen LogP contribution in [0.4, 0.5) is 0 Å². The van der Waals surface area contributed by atoms with E-state index in [9.17, 15) is 23.9 Å². The standard InChI is InChI=1S/C28H35O8P.H3N.2Na.9H2/c1-3-5-7-9-11-13-15-17-19-21-23-28(30)36-26(25-35-37(31,32)33)24-34-27(29)22-20-18-16-14-12-10-8-6-4-2;;;;;;;;;;;;/h26H,3,5,7,9,11,13,15,17,19,21,23-25H2,1-2H3,(H2,31,32,33);1H3;;;9*1H/q;;2*+1;;;;;;;;;/p-2/t26-;;;;;;;;;;;;/m1............/s1. The molecule has 0 aliphatic rings. The predicted octanol–water partition coefficient (Wildman–Crippen LogP) is -0.981. The normalized spacial score (nSPS) is 9.50. The van der Waals surface area contributed by atoms with E-state index in [2.05, 4.69) is 70.7 Å². The van der Waals surface area contributed by atoms with Crippen molar-refractivity contribution in [1.29, 1.82) is 0 Å². The molecule has 0 amide bonds. The Morgan fingerprint density at radius 2 is 1.25 bits per heavy atom. The molecule has 0 aromatic carbocycles. The first-order chi connectivity index (χ1) is 17.8. The number of unbranched alkanes of at least 4 members (excludes halogenated alkanes) is 9. The largest absolute Gasteiger partial charge is 1.00 e. The van der Waals surface area contributed by atoms with Crippen LogP contribution in [0.3, 0.4) is 0 Å². The molecule has 226 valence electrons. The van der Waals surface area contributed by atoms with Crippen LogP contribution in [-0.2, 0) is 28.2 Å². The van der Waals surface area contributed by atoms with E-state index in [0.29, 0.717) is 6.42 Å². The quantitative estimate of drug-likeness (QED) is 0.0546. The van der Waals surface area contributed by atoms with E-state index in [1.54, 1.807) is 6.92 Å². The summed E-state index contributed by atoms with van der Waals surface area (Å²) in [6.07, 6.45) is 9.85. The molecule has 0 heterocycles. The molecule has 0 aliphatic heterocycles. The summed E-state index contributed by atoms with van der Waals surface area (Å²) in [5.41, 5.74) is 0. The Kier molecular flexibility index (Phi) is 37.0. The molecule has 1 atom stereocenters. The molecule has 0 saturated carbocycles. The van der Waals surface area contributed by atoms with Crippen LogP contribution in [-0.4, -0.2) is 31.3 Å². The first kappa shape index (κ1) is 45.8. The zero-order chi connectivity index (χ0) is 27.6. The molecule has 0 aromatic heterocycles. The average Bonchev–Trinajstić information content (AvgIpc) is 2.85. The fraction of sp³-hybridized carbons (Fsp3) is 0.571. The van der Waals surface area contributed by atoms with E-state index < -0.39 is 39.1 Å². The number of ether oxygens (including phenoxy) is 2. The number of carbonyl (C=O) groups excluding carboxylic acids is 2. The van der Waals surface area contributed by atoms with Gasteiger partial charge in [-0.25, -0.2) is 4.79 Å². The predicted molar refractivity (Wildman–Crippen MR) is 159 cm³/mol. The SMILES string of the molecule is CC#CC#CC#CC#CC#CC(=O)OC[C@H](COP(=O)([O-])[O-])OC(=O)CCCCCCCCCCCC.N.[HH].[HH].[HH].[HH].[HH].[HH].[HH].[HH].[HH].[Na+].[Na+]. The summed E-state index contributed by atoms with van der Waals surface area (Å²) in [5, 5.41) is 0. The van der Waals surface area contributed by atoms with Crippen molar-refractivity contribution in [2.24, 2.45) is 0 Å². The first-order valence-corrected chi connectivity index (χ1v) is 13.7. The van der Waals surface area contributed by atoms with E-state index in [1.165, 1.54) is 38.5 Å². The third kappa shape index (κ3) is 34.8. The van der Waals surface area contributed by atoms with Crippen LogP contribution in [0, 0.1) is 59.2 Å². The van der Waals surface area contributed by atoms with Gasteiger partial charge in [0.25, 0.3) is 0 Å². The van der Waals surface area contributed by atoms with Gasteiger partial charge in [0.15, 0.2) is 6.10 Å². The maximum atomic E-state index is 12.1. The van der Waals surface area contributed by atoms with E-state index >= 15 is 0 Å². The molecule has 12 heteroatoms. The topological polar surface area (TPSA) is 160 Å². The van der Waals surface area contributed by atoms with E-state index in [0.717, 1.165) is 19.3 Å². The summed E-state index contributed by atoms with van der Waals surface area (Å²) in [6, 6.07) is 0. The second-order valence-electron chi connectivity index (χ2n) is 7.76. The molecule has 0 fully saturated rings. The summed E-state index contributed by atoms with van der Waals surface area (Å²) >= 11 is 0. The van der Waals surface area contributed by atoms with Crippen molar-refractivity contribution in [1.82, 2.24) is 6.15 Å². The second kappa shape index (κ2) is 32.3. The van der Waals surface area contributed by atoms with E-state index in [4.69, 9.17) is 9.47 Å².